The van der Waals surface area contributed by atoms with Gasteiger partial charge >= 0.3 is 0 Å². The molecule has 1 heterocycles. The van der Waals surface area contributed by atoms with Crippen LogP contribution in [0.3, 0.4) is 0 Å². The van der Waals surface area contributed by atoms with Crippen LogP contribution < -0.4 is 5.56 Å². The second-order valence-corrected chi connectivity index (χ2v) is 10.1. The fraction of sp³-hybridized carbons (Fsp3) is 0.560. The van der Waals surface area contributed by atoms with Gasteiger partial charge in [0.15, 0.2) is 5.16 Å². The van der Waals surface area contributed by atoms with Crippen molar-refractivity contribution in [2.24, 2.45) is 7.05 Å². The van der Waals surface area contributed by atoms with Crippen LogP contribution in [0, 0.1) is 6.92 Å². The average molecular weight is 444 g/mol. The van der Waals surface area contributed by atoms with Gasteiger partial charge in [-0.15, -0.1) is 0 Å². The molecule has 31 heavy (non-hydrogen) atoms. The van der Waals surface area contributed by atoms with Gasteiger partial charge in [-0.25, -0.2) is 4.98 Å². The first-order valence-electron chi connectivity index (χ1n) is 11.1. The van der Waals surface area contributed by atoms with Crippen molar-refractivity contribution in [3.63, 3.8) is 0 Å². The first-order valence-corrected chi connectivity index (χ1v) is 12.1. The zero-order valence-electron chi connectivity index (χ0n) is 20.1. The van der Waals surface area contributed by atoms with E-state index in [-0.39, 0.29) is 16.9 Å². The topological polar surface area (TPSA) is 55.2 Å². The van der Waals surface area contributed by atoms with Crippen LogP contribution in [0.15, 0.2) is 34.2 Å². The van der Waals surface area contributed by atoms with Gasteiger partial charge in [-0.05, 0) is 36.3 Å². The molecule has 0 saturated carbocycles. The van der Waals surface area contributed by atoms with Crippen molar-refractivity contribution in [1.82, 2.24) is 14.5 Å². The van der Waals surface area contributed by atoms with Crippen LogP contribution >= 0.6 is 11.8 Å². The monoisotopic (exact) mass is 443 g/mol. The molecule has 2 aromatic rings. The van der Waals surface area contributed by atoms with Gasteiger partial charge in [0.1, 0.15) is 0 Å². The van der Waals surface area contributed by atoms with Gasteiger partial charge in [0, 0.05) is 37.8 Å². The third kappa shape index (κ3) is 6.70. The number of hydrogen-bond acceptors (Lipinski definition) is 4. The molecule has 1 amide bonds. The molecule has 0 saturated heterocycles. The molecule has 0 aliphatic carbocycles. The Morgan fingerprint density at radius 3 is 2.19 bits per heavy atom. The van der Waals surface area contributed by atoms with E-state index in [9.17, 15) is 9.59 Å². The van der Waals surface area contributed by atoms with Gasteiger partial charge in [-0.1, -0.05) is 70.6 Å². The Bertz CT molecular complexity index is 937. The van der Waals surface area contributed by atoms with Gasteiger partial charge in [-0.2, -0.15) is 0 Å². The highest BCUT2D eigenvalue weighted by molar-refractivity contribution is 7.99. The van der Waals surface area contributed by atoms with E-state index in [0.717, 1.165) is 37.2 Å². The molecule has 0 bridgehead atoms. The molecule has 0 aliphatic rings. The summed E-state index contributed by atoms with van der Waals surface area (Å²) in [6.07, 6.45) is 2.44. The number of nitrogens with zero attached hydrogens (tertiary/aromatic N) is 3. The molecule has 0 fully saturated rings. The van der Waals surface area contributed by atoms with Crippen molar-refractivity contribution in [2.75, 3.05) is 18.8 Å². The van der Waals surface area contributed by atoms with E-state index < -0.39 is 0 Å². The van der Waals surface area contributed by atoms with E-state index in [0.29, 0.717) is 22.9 Å². The van der Waals surface area contributed by atoms with Gasteiger partial charge in [0.2, 0.25) is 5.91 Å². The largest absolute Gasteiger partial charge is 0.342 e. The third-order valence-corrected chi connectivity index (χ3v) is 6.43. The predicted octanol–water partition coefficient (Wildman–Crippen LogP) is 4.72. The summed E-state index contributed by atoms with van der Waals surface area (Å²) < 4.78 is 1.58. The van der Waals surface area contributed by atoms with E-state index in [1.165, 1.54) is 17.3 Å². The quantitative estimate of drug-likeness (QED) is 0.416. The summed E-state index contributed by atoms with van der Waals surface area (Å²) in [6.45, 7) is 14.1. The molecular weight excluding hydrogens is 406 g/mol. The highest BCUT2D eigenvalue weighted by Crippen LogP contribution is 2.23. The van der Waals surface area contributed by atoms with E-state index in [4.69, 9.17) is 0 Å². The summed E-state index contributed by atoms with van der Waals surface area (Å²) in [5.74, 6) is 0.400. The van der Waals surface area contributed by atoms with Crippen molar-refractivity contribution in [2.45, 2.75) is 71.4 Å². The third-order valence-electron chi connectivity index (χ3n) is 5.42. The Kier molecular flexibility index (Phi) is 8.92. The maximum atomic E-state index is 13.0. The molecule has 0 radical (unpaired) electrons. The number of hydrogen-bond donors (Lipinski definition) is 0. The SMILES string of the molecule is CCCN(CCC)C(=O)CSc1nc(C)c(Cc2ccc(C(C)(C)C)cc2)c(=O)n1C. The number of carbonyl (C=O) groups is 1. The number of aryl methyl sites for hydroxylation is 1. The van der Waals surface area contributed by atoms with E-state index in [2.05, 4.69) is 63.9 Å². The van der Waals surface area contributed by atoms with E-state index >= 15 is 0 Å². The Hall–Kier alpha value is -2.08. The first-order chi connectivity index (χ1) is 14.6. The molecule has 170 valence electrons. The summed E-state index contributed by atoms with van der Waals surface area (Å²) in [4.78, 5) is 32.2. The molecular formula is C25H37N3O2S. The Labute approximate surface area is 191 Å². The molecule has 1 aromatic carbocycles. The van der Waals surface area contributed by atoms with Crippen LogP contribution in [0.4, 0.5) is 0 Å². The average Bonchev–Trinajstić information content (AvgIpc) is 2.72. The summed E-state index contributed by atoms with van der Waals surface area (Å²) >= 11 is 1.34. The lowest BCUT2D eigenvalue weighted by Gasteiger charge is -2.21. The Morgan fingerprint density at radius 2 is 1.68 bits per heavy atom. The van der Waals surface area contributed by atoms with Crippen LogP contribution in [0.25, 0.3) is 0 Å². The zero-order chi connectivity index (χ0) is 23.2. The fourth-order valence-corrected chi connectivity index (χ4v) is 4.42. The molecule has 5 nitrogen and oxygen atoms in total. The highest BCUT2D eigenvalue weighted by Gasteiger charge is 2.17. The van der Waals surface area contributed by atoms with Crippen molar-refractivity contribution in [3.8, 4) is 0 Å². The van der Waals surface area contributed by atoms with Crippen LogP contribution in [-0.4, -0.2) is 39.2 Å². The minimum atomic E-state index is -0.0404. The molecule has 1 aromatic heterocycles. The van der Waals surface area contributed by atoms with Crippen LogP contribution in [0.5, 0.6) is 0 Å². The smallest absolute Gasteiger partial charge is 0.257 e. The Morgan fingerprint density at radius 1 is 1.10 bits per heavy atom. The minimum Gasteiger partial charge on any atom is -0.342 e. The van der Waals surface area contributed by atoms with E-state index in [1.807, 2.05) is 11.8 Å². The van der Waals surface area contributed by atoms with Gasteiger partial charge in [-0.3, -0.25) is 14.2 Å². The lowest BCUT2D eigenvalue weighted by Crippen LogP contribution is -2.34. The van der Waals surface area contributed by atoms with Crippen molar-refractivity contribution >= 4 is 17.7 Å². The van der Waals surface area contributed by atoms with E-state index in [1.54, 1.807) is 11.6 Å². The first kappa shape index (κ1) is 25.2. The second kappa shape index (κ2) is 11.0. The standard InChI is InChI=1S/C25H37N3O2S/c1-8-14-28(15-9-2)22(29)17-31-24-26-18(3)21(23(30)27(24)7)16-19-10-12-20(13-11-19)25(4,5)6/h10-13H,8-9,14-17H2,1-7H3. The van der Waals surface area contributed by atoms with Gasteiger partial charge in [0.05, 0.1) is 5.75 Å². The van der Waals surface area contributed by atoms with Crippen LogP contribution in [-0.2, 0) is 23.7 Å². The van der Waals surface area contributed by atoms with Gasteiger partial charge < -0.3 is 4.90 Å². The molecule has 0 aliphatic heterocycles. The normalized spacial score (nSPS) is 11.6. The number of thioether (sulfide) groups is 1. The number of benzene rings is 1. The van der Waals surface area contributed by atoms with Crippen molar-refractivity contribution in [3.05, 3.63) is 57.0 Å². The van der Waals surface area contributed by atoms with Gasteiger partial charge in [0.25, 0.3) is 5.56 Å². The molecule has 0 unspecified atom stereocenters. The maximum Gasteiger partial charge on any atom is 0.257 e. The summed E-state index contributed by atoms with van der Waals surface area (Å²) in [5, 5.41) is 0.593. The molecule has 0 atom stereocenters. The molecule has 0 N–H and O–H groups in total. The van der Waals surface area contributed by atoms with Crippen molar-refractivity contribution in [1.29, 1.82) is 0 Å². The fourth-order valence-electron chi connectivity index (χ4n) is 3.51. The second-order valence-electron chi connectivity index (χ2n) is 9.12. The molecule has 6 heteroatoms. The number of amides is 1. The molecule has 2 rings (SSSR count). The minimum absolute atomic E-state index is 0.0404. The molecule has 0 spiro atoms. The number of rotatable bonds is 9. The maximum absolute atomic E-state index is 13.0. The summed E-state index contributed by atoms with van der Waals surface area (Å²) in [7, 11) is 1.74. The Balaban J connectivity index is 2.17. The lowest BCUT2D eigenvalue weighted by atomic mass is 9.86. The lowest BCUT2D eigenvalue weighted by molar-refractivity contribution is -0.128. The zero-order valence-corrected chi connectivity index (χ0v) is 20.9. The predicted molar refractivity (Wildman–Crippen MR) is 130 cm³/mol. The highest BCUT2D eigenvalue weighted by atomic mass is 32.2. The van der Waals surface area contributed by atoms with Crippen LogP contribution in [0.2, 0.25) is 0 Å². The summed E-state index contributed by atoms with van der Waals surface area (Å²) in [6, 6.07) is 8.46. The van der Waals surface area contributed by atoms with Crippen LogP contribution in [0.1, 0.15) is 69.8 Å². The van der Waals surface area contributed by atoms with Crippen molar-refractivity contribution < 1.29 is 4.79 Å². The number of carbonyl (C=O) groups excluding carboxylic acids is 1. The summed E-state index contributed by atoms with van der Waals surface area (Å²) in [5.41, 5.74) is 3.88. The number of aromatic nitrogens is 2.